The summed E-state index contributed by atoms with van der Waals surface area (Å²) in [6.45, 7) is 4.03. The Morgan fingerprint density at radius 2 is 1.66 bits per heavy atom. The zero-order valence-corrected chi connectivity index (χ0v) is 20.1. The Labute approximate surface area is 202 Å². The number of thiophene rings is 1. The molecule has 1 aliphatic rings. The number of methoxy groups -OCH3 is 1. The van der Waals surface area contributed by atoms with Gasteiger partial charge in [0.15, 0.2) is 0 Å². The van der Waals surface area contributed by atoms with Gasteiger partial charge >= 0.3 is 0 Å². The van der Waals surface area contributed by atoms with Gasteiger partial charge in [-0.3, -0.25) is 9.69 Å². The van der Waals surface area contributed by atoms with Gasteiger partial charge in [0.2, 0.25) is 0 Å². The van der Waals surface area contributed by atoms with Crippen molar-refractivity contribution in [2.75, 3.05) is 33.3 Å². The second-order valence-corrected chi connectivity index (χ2v) is 9.28. The number of hydrogen-bond acceptors (Lipinski definition) is 5. The maximum atomic E-state index is 13.0. The third-order valence-electron chi connectivity index (χ3n) is 5.43. The van der Waals surface area contributed by atoms with E-state index in [1.165, 1.54) is 11.3 Å². The van der Waals surface area contributed by atoms with E-state index in [1.54, 1.807) is 7.11 Å². The van der Waals surface area contributed by atoms with Crippen LogP contribution in [-0.2, 0) is 13.2 Å². The Kier molecular flexibility index (Phi) is 7.58. The minimum Gasteiger partial charge on any atom is -0.497 e. The summed E-state index contributed by atoms with van der Waals surface area (Å²) in [5, 5.41) is 3.34. The summed E-state index contributed by atoms with van der Waals surface area (Å²) in [6, 6.07) is 14.9. The molecule has 4 rings (SSSR count). The van der Waals surface area contributed by atoms with Crippen LogP contribution in [0.25, 0.3) is 0 Å². The standard InChI is InChI=1S/C24H24Cl2N2O3S/c1-30-18-5-7-19(8-6-18)31-15-17-13-23(32-16-17)24(29)28-11-9-27(10-12-28)14-20-21(25)3-2-4-22(20)26/h2-8,13,16H,9-12,14-15H2,1H3. The number of amides is 1. The molecular weight excluding hydrogens is 467 g/mol. The molecule has 3 aromatic rings. The molecule has 32 heavy (non-hydrogen) atoms. The smallest absolute Gasteiger partial charge is 0.264 e. The zero-order valence-electron chi connectivity index (χ0n) is 17.7. The van der Waals surface area contributed by atoms with Crippen LogP contribution in [0.2, 0.25) is 10.0 Å². The Balaban J connectivity index is 1.28. The third-order valence-corrected chi connectivity index (χ3v) is 7.11. The Hall–Kier alpha value is -2.25. The summed E-state index contributed by atoms with van der Waals surface area (Å²) in [7, 11) is 1.63. The highest BCUT2D eigenvalue weighted by Gasteiger charge is 2.24. The van der Waals surface area contributed by atoms with Gasteiger partial charge in [-0.25, -0.2) is 0 Å². The lowest BCUT2D eigenvalue weighted by molar-refractivity contribution is 0.0633. The summed E-state index contributed by atoms with van der Waals surface area (Å²) < 4.78 is 11.0. The van der Waals surface area contributed by atoms with Crippen LogP contribution in [0.15, 0.2) is 53.9 Å². The van der Waals surface area contributed by atoms with E-state index in [1.807, 2.05) is 58.8 Å². The number of ether oxygens (including phenoxy) is 2. The quantitative estimate of drug-likeness (QED) is 0.432. The summed E-state index contributed by atoms with van der Waals surface area (Å²) in [5.41, 5.74) is 1.93. The molecule has 1 aliphatic heterocycles. The van der Waals surface area contributed by atoms with E-state index in [0.29, 0.717) is 36.3 Å². The van der Waals surface area contributed by atoms with Gasteiger partial charge in [0.05, 0.1) is 12.0 Å². The normalized spacial score (nSPS) is 14.4. The van der Waals surface area contributed by atoms with Crippen molar-refractivity contribution in [1.82, 2.24) is 9.80 Å². The lowest BCUT2D eigenvalue weighted by Gasteiger charge is -2.34. The minimum atomic E-state index is 0.0705. The van der Waals surface area contributed by atoms with E-state index in [2.05, 4.69) is 4.90 Å². The molecule has 1 fully saturated rings. The highest BCUT2D eigenvalue weighted by molar-refractivity contribution is 7.12. The summed E-state index contributed by atoms with van der Waals surface area (Å²) in [6.07, 6.45) is 0. The third kappa shape index (κ3) is 5.56. The molecule has 1 amide bonds. The highest BCUT2D eigenvalue weighted by Crippen LogP contribution is 2.26. The van der Waals surface area contributed by atoms with E-state index >= 15 is 0 Å². The fraction of sp³-hybridized carbons (Fsp3) is 0.292. The summed E-state index contributed by atoms with van der Waals surface area (Å²) in [5.74, 6) is 1.62. The zero-order chi connectivity index (χ0) is 22.5. The lowest BCUT2D eigenvalue weighted by Crippen LogP contribution is -2.48. The molecule has 8 heteroatoms. The molecule has 0 atom stereocenters. The minimum absolute atomic E-state index is 0.0705. The van der Waals surface area contributed by atoms with Crippen molar-refractivity contribution in [2.45, 2.75) is 13.2 Å². The molecule has 0 radical (unpaired) electrons. The first-order valence-electron chi connectivity index (χ1n) is 10.3. The SMILES string of the molecule is COc1ccc(OCc2csc(C(=O)N3CCN(Cc4c(Cl)cccc4Cl)CC3)c2)cc1. The molecule has 2 heterocycles. The van der Waals surface area contributed by atoms with Gasteiger partial charge in [-0.15, -0.1) is 11.3 Å². The molecule has 0 bridgehead atoms. The molecule has 0 aliphatic carbocycles. The number of halogens is 2. The Bertz CT molecular complexity index is 1040. The van der Waals surface area contributed by atoms with Crippen molar-refractivity contribution in [1.29, 1.82) is 0 Å². The van der Waals surface area contributed by atoms with Gasteiger partial charge in [-0.1, -0.05) is 29.3 Å². The number of nitrogens with zero attached hydrogens (tertiary/aromatic N) is 2. The maximum absolute atomic E-state index is 13.0. The molecule has 0 N–H and O–H groups in total. The van der Waals surface area contributed by atoms with Gasteiger partial charge in [0.25, 0.3) is 5.91 Å². The second-order valence-electron chi connectivity index (χ2n) is 7.55. The first kappa shape index (κ1) is 22.9. The predicted octanol–water partition coefficient (Wildman–Crippen LogP) is 5.60. The van der Waals surface area contributed by atoms with E-state index in [-0.39, 0.29) is 5.91 Å². The molecule has 0 unspecified atom stereocenters. The fourth-order valence-electron chi connectivity index (χ4n) is 3.57. The maximum Gasteiger partial charge on any atom is 0.264 e. The topological polar surface area (TPSA) is 42.0 Å². The highest BCUT2D eigenvalue weighted by atomic mass is 35.5. The number of piperazine rings is 1. The van der Waals surface area contributed by atoms with Crippen LogP contribution in [0.3, 0.4) is 0 Å². The number of rotatable bonds is 7. The van der Waals surface area contributed by atoms with Gasteiger partial charge in [-0.05, 0) is 47.8 Å². The second kappa shape index (κ2) is 10.6. The van der Waals surface area contributed by atoms with Crippen molar-refractivity contribution in [3.05, 3.63) is 80.0 Å². The van der Waals surface area contributed by atoms with Crippen LogP contribution in [-0.4, -0.2) is 49.0 Å². The molecule has 0 saturated carbocycles. The molecule has 168 valence electrons. The monoisotopic (exact) mass is 490 g/mol. The van der Waals surface area contributed by atoms with E-state index < -0.39 is 0 Å². The van der Waals surface area contributed by atoms with Gasteiger partial charge in [0.1, 0.15) is 18.1 Å². The van der Waals surface area contributed by atoms with Crippen LogP contribution in [0.5, 0.6) is 11.5 Å². The van der Waals surface area contributed by atoms with Crippen molar-refractivity contribution in [3.63, 3.8) is 0 Å². The van der Waals surface area contributed by atoms with Crippen LogP contribution >= 0.6 is 34.5 Å². The summed E-state index contributed by atoms with van der Waals surface area (Å²) in [4.78, 5) is 17.9. The van der Waals surface area contributed by atoms with E-state index in [4.69, 9.17) is 32.7 Å². The summed E-state index contributed by atoms with van der Waals surface area (Å²) >= 11 is 14.1. The fourth-order valence-corrected chi connectivity index (χ4v) is 4.95. The van der Waals surface area contributed by atoms with E-state index in [9.17, 15) is 4.79 Å². The van der Waals surface area contributed by atoms with Crippen LogP contribution < -0.4 is 9.47 Å². The largest absolute Gasteiger partial charge is 0.497 e. The first-order chi connectivity index (χ1) is 15.5. The number of benzene rings is 2. The van der Waals surface area contributed by atoms with E-state index in [0.717, 1.165) is 40.6 Å². The van der Waals surface area contributed by atoms with Crippen molar-refractivity contribution >= 4 is 40.4 Å². The molecule has 5 nitrogen and oxygen atoms in total. The van der Waals surface area contributed by atoms with Gasteiger partial charge in [-0.2, -0.15) is 0 Å². The lowest BCUT2D eigenvalue weighted by atomic mass is 10.2. The van der Waals surface area contributed by atoms with Crippen molar-refractivity contribution < 1.29 is 14.3 Å². The number of carbonyl (C=O) groups is 1. The Morgan fingerprint density at radius 3 is 2.31 bits per heavy atom. The molecule has 2 aromatic carbocycles. The average Bonchev–Trinajstić information content (AvgIpc) is 3.29. The predicted molar refractivity (Wildman–Crippen MR) is 129 cm³/mol. The van der Waals surface area contributed by atoms with Crippen LogP contribution in [0.4, 0.5) is 0 Å². The van der Waals surface area contributed by atoms with Crippen molar-refractivity contribution in [2.24, 2.45) is 0 Å². The molecule has 0 spiro atoms. The first-order valence-corrected chi connectivity index (χ1v) is 12.0. The van der Waals surface area contributed by atoms with Crippen LogP contribution in [0.1, 0.15) is 20.8 Å². The van der Waals surface area contributed by atoms with Crippen LogP contribution in [0, 0.1) is 0 Å². The molecular formula is C24H24Cl2N2O3S. The average molecular weight is 491 g/mol. The molecule has 1 aromatic heterocycles. The van der Waals surface area contributed by atoms with Crippen molar-refractivity contribution in [3.8, 4) is 11.5 Å². The molecule has 1 saturated heterocycles. The number of hydrogen-bond donors (Lipinski definition) is 0. The Morgan fingerprint density at radius 1 is 1.00 bits per heavy atom. The number of carbonyl (C=O) groups excluding carboxylic acids is 1. The van der Waals surface area contributed by atoms with Gasteiger partial charge in [0, 0.05) is 53.9 Å². The van der Waals surface area contributed by atoms with Gasteiger partial charge < -0.3 is 14.4 Å².